The number of pyridine rings is 1. The van der Waals surface area contributed by atoms with Gasteiger partial charge in [0.05, 0.1) is 35.3 Å². The summed E-state index contributed by atoms with van der Waals surface area (Å²) in [5.41, 5.74) is 4.79. The average Bonchev–Trinajstić information content (AvgIpc) is 3.21. The van der Waals surface area contributed by atoms with E-state index >= 15 is 0 Å². The molecule has 6 heteroatoms. The van der Waals surface area contributed by atoms with Crippen LogP contribution >= 0.6 is 7.60 Å². The van der Waals surface area contributed by atoms with Crippen LogP contribution < -0.4 is 5.30 Å². The molecule has 0 atom stereocenters. The van der Waals surface area contributed by atoms with Crippen molar-refractivity contribution < 1.29 is 18.4 Å². The van der Waals surface area contributed by atoms with Gasteiger partial charge in [-0.25, -0.2) is 4.98 Å². The lowest BCUT2D eigenvalue weighted by Gasteiger charge is -2.20. The second-order valence-corrected chi connectivity index (χ2v) is 10.6. The van der Waals surface area contributed by atoms with Crippen LogP contribution in [0, 0.1) is 0 Å². The van der Waals surface area contributed by atoms with Gasteiger partial charge in [0, 0.05) is 22.1 Å². The molecule has 1 heterocycles. The Morgan fingerprint density at radius 3 is 2.19 bits per heavy atom. The largest absolute Gasteiger partial charge is 0.363 e. The van der Waals surface area contributed by atoms with Gasteiger partial charge in [-0.2, -0.15) is 0 Å². The van der Waals surface area contributed by atoms with Gasteiger partial charge in [-0.3, -0.25) is 9.36 Å². The van der Waals surface area contributed by atoms with E-state index in [0.29, 0.717) is 27.6 Å². The molecule has 178 valence electrons. The third-order valence-electron chi connectivity index (χ3n) is 6.58. The van der Waals surface area contributed by atoms with Crippen molar-refractivity contribution >= 4 is 40.4 Å². The summed E-state index contributed by atoms with van der Waals surface area (Å²) in [5, 5.41) is 3.32. The molecular weight excluding hydrogens is 469 g/mol. The fourth-order valence-corrected chi connectivity index (χ4v) is 6.82. The Hall–Kier alpha value is -3.63. The van der Waals surface area contributed by atoms with Crippen LogP contribution in [0.1, 0.15) is 29.8 Å². The molecule has 36 heavy (non-hydrogen) atoms. The average molecular weight is 493 g/mol. The number of fused-ring (bicyclic) bond motifs is 6. The number of aromatic nitrogens is 1. The highest BCUT2D eigenvalue weighted by Crippen LogP contribution is 2.51. The molecule has 0 unspecified atom stereocenters. The van der Waals surface area contributed by atoms with Gasteiger partial charge in [0.2, 0.25) is 0 Å². The molecule has 0 fully saturated rings. The van der Waals surface area contributed by atoms with Gasteiger partial charge < -0.3 is 9.05 Å². The fourth-order valence-electron chi connectivity index (χ4n) is 5.09. The monoisotopic (exact) mass is 493 g/mol. The van der Waals surface area contributed by atoms with Crippen molar-refractivity contribution in [3.8, 4) is 22.4 Å². The highest BCUT2D eigenvalue weighted by atomic mass is 31.2. The lowest BCUT2D eigenvalue weighted by Crippen LogP contribution is -2.14. The number of hydrogen-bond donors (Lipinski definition) is 0. The highest BCUT2D eigenvalue weighted by Gasteiger charge is 2.36. The molecule has 0 amide bonds. The van der Waals surface area contributed by atoms with Crippen molar-refractivity contribution in [2.45, 2.75) is 13.8 Å². The number of carbonyl (C=O) groups is 1. The second kappa shape index (κ2) is 8.79. The Labute approximate surface area is 209 Å². The second-order valence-electron chi connectivity index (χ2n) is 8.65. The van der Waals surface area contributed by atoms with Crippen molar-refractivity contribution in [1.82, 2.24) is 4.98 Å². The molecule has 0 radical (unpaired) electrons. The Bertz CT molecular complexity index is 1720. The minimum atomic E-state index is -3.64. The predicted octanol–water partition coefficient (Wildman–Crippen LogP) is 7.16. The van der Waals surface area contributed by atoms with Crippen LogP contribution in [0.5, 0.6) is 0 Å². The molecule has 1 aromatic heterocycles. The number of para-hydroxylation sites is 1. The summed E-state index contributed by atoms with van der Waals surface area (Å²) in [7, 11) is -3.64. The standard InChI is InChI=1S/C30H24NO4P/c1-3-34-36(33,35-4-2)25-15-9-14-24-26-22-12-7-8-13-23(22)30(32)27(26)28(31-29(24)25)21-17-16-19-10-5-6-11-20(19)18-21/h5-18H,3-4H2,1-2H3. The normalized spacial score (nSPS) is 12.8. The van der Waals surface area contributed by atoms with Crippen LogP contribution in [0.15, 0.2) is 84.9 Å². The molecule has 0 bridgehead atoms. The predicted molar refractivity (Wildman–Crippen MR) is 144 cm³/mol. The van der Waals surface area contributed by atoms with Crippen molar-refractivity contribution in [3.05, 3.63) is 96.1 Å². The van der Waals surface area contributed by atoms with Gasteiger partial charge in [0.25, 0.3) is 0 Å². The lowest BCUT2D eigenvalue weighted by atomic mass is 9.95. The Morgan fingerprint density at radius 2 is 1.44 bits per heavy atom. The molecule has 0 saturated carbocycles. The van der Waals surface area contributed by atoms with E-state index in [1.54, 1.807) is 19.9 Å². The van der Waals surface area contributed by atoms with E-state index < -0.39 is 7.60 Å². The first-order valence-electron chi connectivity index (χ1n) is 12.1. The summed E-state index contributed by atoms with van der Waals surface area (Å²) in [6.45, 7) is 4.05. The van der Waals surface area contributed by atoms with Gasteiger partial charge in [-0.15, -0.1) is 0 Å². The van der Waals surface area contributed by atoms with E-state index in [0.717, 1.165) is 32.8 Å². The maximum atomic E-state index is 13.9. The number of carbonyl (C=O) groups excluding carboxylic acids is 1. The molecular formula is C30H24NO4P. The molecule has 0 aliphatic heterocycles. The first-order chi connectivity index (χ1) is 17.6. The summed E-state index contributed by atoms with van der Waals surface area (Å²) < 4.78 is 25.3. The number of nitrogens with zero attached hydrogens (tertiary/aromatic N) is 1. The van der Waals surface area contributed by atoms with E-state index in [-0.39, 0.29) is 19.0 Å². The summed E-state index contributed by atoms with van der Waals surface area (Å²) in [6.07, 6.45) is 0. The van der Waals surface area contributed by atoms with Crippen LogP contribution in [0.4, 0.5) is 0 Å². The zero-order valence-electron chi connectivity index (χ0n) is 20.0. The zero-order chi connectivity index (χ0) is 24.9. The van der Waals surface area contributed by atoms with Gasteiger partial charge in [0.15, 0.2) is 5.78 Å². The third-order valence-corrected chi connectivity index (χ3v) is 8.73. The zero-order valence-corrected chi connectivity index (χ0v) is 20.9. The van der Waals surface area contributed by atoms with Crippen LogP contribution in [0.2, 0.25) is 0 Å². The van der Waals surface area contributed by atoms with Crippen LogP contribution in [0.3, 0.4) is 0 Å². The van der Waals surface area contributed by atoms with Crippen molar-refractivity contribution in [2.24, 2.45) is 0 Å². The Kier molecular flexibility index (Phi) is 5.57. The van der Waals surface area contributed by atoms with Crippen LogP contribution in [-0.2, 0) is 13.6 Å². The number of benzene rings is 4. The van der Waals surface area contributed by atoms with Gasteiger partial charge in [0.1, 0.15) is 0 Å². The van der Waals surface area contributed by atoms with Gasteiger partial charge in [-0.05, 0) is 42.3 Å². The summed E-state index contributed by atoms with van der Waals surface area (Å²) in [6, 6.07) is 27.3. The number of hydrogen-bond acceptors (Lipinski definition) is 5. The summed E-state index contributed by atoms with van der Waals surface area (Å²) >= 11 is 0. The minimum absolute atomic E-state index is 0.0543. The van der Waals surface area contributed by atoms with Crippen molar-refractivity contribution in [2.75, 3.05) is 13.2 Å². The molecule has 1 aliphatic carbocycles. The topological polar surface area (TPSA) is 65.5 Å². The van der Waals surface area contributed by atoms with E-state index in [2.05, 4.69) is 6.07 Å². The molecule has 4 aromatic carbocycles. The lowest BCUT2D eigenvalue weighted by molar-refractivity contribution is 0.104. The number of rotatable bonds is 6. The molecule has 6 rings (SSSR count). The molecule has 5 aromatic rings. The first kappa shape index (κ1) is 22.8. The fraction of sp³-hybridized carbons (Fsp3) is 0.133. The van der Waals surface area contributed by atoms with E-state index in [1.807, 2.05) is 72.8 Å². The minimum Gasteiger partial charge on any atom is -0.305 e. The van der Waals surface area contributed by atoms with Gasteiger partial charge >= 0.3 is 7.60 Å². The SMILES string of the molecule is CCOP(=O)(OCC)c1cccc2c3c(c(-c4ccc5ccccc5c4)nc12)C(=O)c1ccccc1-3. The maximum absolute atomic E-state index is 13.9. The maximum Gasteiger partial charge on any atom is 0.363 e. The Balaban J connectivity index is 1.74. The quantitative estimate of drug-likeness (QED) is 0.230. The Morgan fingerprint density at radius 1 is 0.750 bits per heavy atom. The molecule has 0 spiro atoms. The van der Waals surface area contributed by atoms with Crippen molar-refractivity contribution in [1.29, 1.82) is 0 Å². The smallest absolute Gasteiger partial charge is 0.305 e. The van der Waals surface area contributed by atoms with E-state index in [9.17, 15) is 9.36 Å². The van der Waals surface area contributed by atoms with Gasteiger partial charge in [-0.1, -0.05) is 72.8 Å². The summed E-state index contributed by atoms with van der Waals surface area (Å²) in [5.74, 6) is -0.0543. The van der Waals surface area contributed by atoms with Crippen LogP contribution in [0.25, 0.3) is 44.1 Å². The van der Waals surface area contributed by atoms with E-state index in [1.165, 1.54) is 0 Å². The molecule has 1 aliphatic rings. The van der Waals surface area contributed by atoms with Crippen molar-refractivity contribution in [3.63, 3.8) is 0 Å². The number of ketones is 1. The molecule has 0 saturated heterocycles. The van der Waals surface area contributed by atoms with E-state index in [4.69, 9.17) is 14.0 Å². The summed E-state index contributed by atoms with van der Waals surface area (Å²) in [4.78, 5) is 18.8. The van der Waals surface area contributed by atoms with Crippen LogP contribution in [-0.4, -0.2) is 24.0 Å². The highest BCUT2D eigenvalue weighted by molar-refractivity contribution is 7.62. The molecule has 0 N–H and O–H groups in total. The first-order valence-corrected chi connectivity index (χ1v) is 13.6. The molecule has 5 nitrogen and oxygen atoms in total. The third kappa shape index (κ3) is 3.43.